The molecule has 0 saturated heterocycles. The van der Waals surface area contributed by atoms with Crippen molar-refractivity contribution in [1.82, 2.24) is 14.8 Å². The third-order valence-corrected chi connectivity index (χ3v) is 3.45. The largest absolute Gasteiger partial charge is 0.320 e. The summed E-state index contributed by atoms with van der Waals surface area (Å²) in [4.78, 5) is 0. The molecule has 0 aliphatic carbocycles. The first-order chi connectivity index (χ1) is 8.81. The average molecular weight is 258 g/mol. The van der Waals surface area contributed by atoms with E-state index in [9.17, 15) is 0 Å². The van der Waals surface area contributed by atoms with Crippen LogP contribution in [0.25, 0.3) is 0 Å². The second-order valence-electron chi connectivity index (χ2n) is 3.68. The van der Waals surface area contributed by atoms with Crippen LogP contribution >= 0.6 is 11.8 Å². The zero-order valence-electron chi connectivity index (χ0n) is 10.1. The summed E-state index contributed by atoms with van der Waals surface area (Å²) >= 11 is 1.64. The number of rotatable bonds is 3. The van der Waals surface area contributed by atoms with Crippen LogP contribution in [0.2, 0.25) is 0 Å². The van der Waals surface area contributed by atoms with Gasteiger partial charge in [-0.05, 0) is 11.6 Å². The molecule has 2 rings (SSSR count). The molecule has 0 unspecified atom stereocenters. The van der Waals surface area contributed by atoms with E-state index >= 15 is 0 Å². The molecule has 0 amide bonds. The van der Waals surface area contributed by atoms with Crippen LogP contribution in [0.4, 0.5) is 0 Å². The van der Waals surface area contributed by atoms with Crippen molar-refractivity contribution in [2.75, 3.05) is 6.54 Å². The Balaban J connectivity index is 2.12. The van der Waals surface area contributed by atoms with Crippen molar-refractivity contribution in [3.63, 3.8) is 0 Å². The van der Waals surface area contributed by atoms with Crippen molar-refractivity contribution in [2.24, 2.45) is 12.8 Å². The third-order valence-electron chi connectivity index (χ3n) is 2.37. The molecule has 0 spiro atoms. The highest BCUT2D eigenvalue weighted by molar-refractivity contribution is 7.98. The molecule has 1 heterocycles. The molecule has 0 radical (unpaired) electrons. The predicted octanol–water partition coefficient (Wildman–Crippen LogP) is 1.42. The maximum absolute atomic E-state index is 5.40. The number of benzene rings is 1. The van der Waals surface area contributed by atoms with Gasteiger partial charge in [-0.15, -0.1) is 10.2 Å². The normalized spacial score (nSPS) is 9.89. The third kappa shape index (κ3) is 3.13. The minimum Gasteiger partial charge on any atom is -0.320 e. The lowest BCUT2D eigenvalue weighted by Gasteiger charge is -2.03. The van der Waals surface area contributed by atoms with E-state index in [0.29, 0.717) is 6.54 Å². The summed E-state index contributed by atoms with van der Waals surface area (Å²) in [6.07, 6.45) is 1.70. The van der Waals surface area contributed by atoms with Crippen molar-refractivity contribution < 1.29 is 0 Å². The van der Waals surface area contributed by atoms with Crippen molar-refractivity contribution in [1.29, 1.82) is 0 Å². The van der Waals surface area contributed by atoms with Crippen LogP contribution in [0.5, 0.6) is 0 Å². The maximum Gasteiger partial charge on any atom is 0.191 e. The molecule has 0 aliphatic rings. The highest BCUT2D eigenvalue weighted by Gasteiger charge is 2.04. The molecule has 0 bridgehead atoms. The summed E-state index contributed by atoms with van der Waals surface area (Å²) < 4.78 is 1.90. The summed E-state index contributed by atoms with van der Waals surface area (Å²) in [7, 11) is 1.93. The number of hydrogen-bond acceptors (Lipinski definition) is 4. The monoisotopic (exact) mass is 258 g/mol. The van der Waals surface area contributed by atoms with Gasteiger partial charge in [-0.2, -0.15) is 0 Å². The fourth-order valence-electron chi connectivity index (χ4n) is 1.46. The highest BCUT2D eigenvalue weighted by Crippen LogP contribution is 2.21. The number of nitrogens with zero attached hydrogens (tertiary/aromatic N) is 3. The summed E-state index contributed by atoms with van der Waals surface area (Å²) in [5, 5.41) is 8.80. The minimum atomic E-state index is 0.380. The Morgan fingerprint density at radius 2 is 2.22 bits per heavy atom. The summed E-state index contributed by atoms with van der Waals surface area (Å²) in [5.74, 6) is 6.79. The topological polar surface area (TPSA) is 56.7 Å². The molecule has 0 saturated carbocycles. The van der Waals surface area contributed by atoms with Gasteiger partial charge >= 0.3 is 0 Å². The van der Waals surface area contributed by atoms with Crippen LogP contribution in [-0.2, 0) is 12.8 Å². The Morgan fingerprint density at radius 3 is 2.94 bits per heavy atom. The Hall–Kier alpha value is -1.77. The van der Waals surface area contributed by atoms with E-state index in [1.54, 1.807) is 18.1 Å². The molecule has 0 fully saturated rings. The lowest BCUT2D eigenvalue weighted by atomic mass is 10.1. The van der Waals surface area contributed by atoms with Gasteiger partial charge in [0.05, 0.1) is 6.54 Å². The Morgan fingerprint density at radius 1 is 1.39 bits per heavy atom. The van der Waals surface area contributed by atoms with Crippen LogP contribution < -0.4 is 5.73 Å². The van der Waals surface area contributed by atoms with Gasteiger partial charge in [0.2, 0.25) is 0 Å². The van der Waals surface area contributed by atoms with Gasteiger partial charge in [0, 0.05) is 18.4 Å². The van der Waals surface area contributed by atoms with E-state index in [2.05, 4.69) is 28.1 Å². The molecule has 92 valence electrons. The van der Waals surface area contributed by atoms with Gasteiger partial charge < -0.3 is 10.3 Å². The lowest BCUT2D eigenvalue weighted by Crippen LogP contribution is -1.95. The first kappa shape index (κ1) is 12.7. The number of aromatic nitrogens is 3. The van der Waals surface area contributed by atoms with Gasteiger partial charge in [0.25, 0.3) is 0 Å². The highest BCUT2D eigenvalue weighted by atomic mass is 32.2. The molecular formula is C13H14N4S. The fourth-order valence-corrected chi connectivity index (χ4v) is 2.35. The molecule has 1 aromatic carbocycles. The Labute approximate surface area is 111 Å². The van der Waals surface area contributed by atoms with Gasteiger partial charge in [0.1, 0.15) is 6.33 Å². The first-order valence-corrected chi connectivity index (χ1v) is 6.53. The molecule has 2 aromatic rings. The van der Waals surface area contributed by atoms with Gasteiger partial charge in [-0.1, -0.05) is 41.8 Å². The predicted molar refractivity (Wildman–Crippen MR) is 72.9 cm³/mol. The molecule has 2 N–H and O–H groups in total. The smallest absolute Gasteiger partial charge is 0.191 e. The van der Waals surface area contributed by atoms with Gasteiger partial charge in [-0.25, -0.2) is 0 Å². The van der Waals surface area contributed by atoms with E-state index in [0.717, 1.165) is 16.5 Å². The number of thioether (sulfide) groups is 1. The van der Waals surface area contributed by atoms with E-state index in [-0.39, 0.29) is 0 Å². The standard InChI is InChI=1S/C13H14N4S/c1-17-10-15-16-13(17)18-9-12-6-3-2-5-11(12)7-4-8-14/h2-3,5-6,10H,8-9,14H2,1H3. The fraction of sp³-hybridized carbons (Fsp3) is 0.231. The van der Waals surface area contributed by atoms with Gasteiger partial charge in [-0.3, -0.25) is 0 Å². The second-order valence-corrected chi connectivity index (χ2v) is 4.62. The van der Waals surface area contributed by atoms with Crippen LogP contribution in [0.15, 0.2) is 35.7 Å². The van der Waals surface area contributed by atoms with Crippen molar-refractivity contribution in [3.8, 4) is 11.8 Å². The molecule has 5 heteroatoms. The Bertz CT molecular complexity index is 580. The molecule has 4 nitrogen and oxygen atoms in total. The number of hydrogen-bond donors (Lipinski definition) is 1. The zero-order valence-corrected chi connectivity index (χ0v) is 10.9. The molecule has 18 heavy (non-hydrogen) atoms. The minimum absolute atomic E-state index is 0.380. The Kier molecular flexibility index (Phi) is 4.40. The molecule has 0 atom stereocenters. The van der Waals surface area contributed by atoms with Crippen molar-refractivity contribution in [3.05, 3.63) is 41.7 Å². The summed E-state index contributed by atoms with van der Waals surface area (Å²) in [6.45, 7) is 0.380. The maximum atomic E-state index is 5.40. The molecular weight excluding hydrogens is 244 g/mol. The van der Waals surface area contributed by atoms with Crippen LogP contribution in [0.3, 0.4) is 0 Å². The second kappa shape index (κ2) is 6.24. The van der Waals surface area contributed by atoms with Crippen molar-refractivity contribution >= 4 is 11.8 Å². The zero-order chi connectivity index (χ0) is 12.8. The van der Waals surface area contributed by atoms with Crippen LogP contribution in [-0.4, -0.2) is 21.3 Å². The lowest BCUT2D eigenvalue weighted by molar-refractivity contribution is 0.788. The van der Waals surface area contributed by atoms with Crippen LogP contribution in [0.1, 0.15) is 11.1 Å². The van der Waals surface area contributed by atoms with Gasteiger partial charge in [0.15, 0.2) is 5.16 Å². The molecule has 1 aromatic heterocycles. The summed E-state index contributed by atoms with van der Waals surface area (Å²) in [6, 6.07) is 8.08. The number of nitrogens with two attached hydrogens (primary N) is 1. The van der Waals surface area contributed by atoms with Crippen molar-refractivity contribution in [2.45, 2.75) is 10.9 Å². The van der Waals surface area contributed by atoms with E-state index in [1.165, 1.54) is 5.56 Å². The molecule has 0 aliphatic heterocycles. The van der Waals surface area contributed by atoms with Crippen LogP contribution in [0, 0.1) is 11.8 Å². The average Bonchev–Trinajstić information content (AvgIpc) is 2.80. The first-order valence-electron chi connectivity index (χ1n) is 5.55. The van der Waals surface area contributed by atoms with E-state index in [1.807, 2.05) is 29.8 Å². The SMILES string of the molecule is Cn1cnnc1SCc1ccccc1C#CCN. The summed E-state index contributed by atoms with van der Waals surface area (Å²) in [5.41, 5.74) is 7.61. The van der Waals surface area contributed by atoms with E-state index < -0.39 is 0 Å². The number of aryl methyl sites for hydroxylation is 1. The quantitative estimate of drug-likeness (QED) is 0.668. The van der Waals surface area contributed by atoms with E-state index in [4.69, 9.17) is 5.73 Å².